The average Bonchev–Trinajstić information content (AvgIpc) is 2.58. The molecular formula is C11H12N2OS. The molecule has 15 heavy (non-hydrogen) atoms. The van der Waals surface area contributed by atoms with E-state index >= 15 is 0 Å². The number of rotatable bonds is 1. The Balaban J connectivity index is 2.58. The highest BCUT2D eigenvalue weighted by Gasteiger charge is 2.09. The van der Waals surface area contributed by atoms with Crippen molar-refractivity contribution in [2.45, 2.75) is 13.8 Å². The smallest absolute Gasteiger partial charge is 0.180 e. The molecular weight excluding hydrogens is 208 g/mol. The fourth-order valence-electron chi connectivity index (χ4n) is 1.42. The van der Waals surface area contributed by atoms with Gasteiger partial charge >= 0.3 is 0 Å². The third-order valence-electron chi connectivity index (χ3n) is 2.41. The van der Waals surface area contributed by atoms with Gasteiger partial charge in [0.2, 0.25) is 0 Å². The summed E-state index contributed by atoms with van der Waals surface area (Å²) < 4.78 is 0. The van der Waals surface area contributed by atoms with Gasteiger partial charge in [0.1, 0.15) is 5.75 Å². The second kappa shape index (κ2) is 3.55. The summed E-state index contributed by atoms with van der Waals surface area (Å²) in [6.45, 7) is 3.97. The van der Waals surface area contributed by atoms with E-state index in [1.54, 1.807) is 6.07 Å². The van der Waals surface area contributed by atoms with Crippen LogP contribution in [0.1, 0.15) is 11.1 Å². The topological polar surface area (TPSA) is 59.1 Å². The fourth-order valence-corrected chi connectivity index (χ4v) is 1.98. The lowest BCUT2D eigenvalue weighted by atomic mass is 10.0. The summed E-state index contributed by atoms with van der Waals surface area (Å²) in [6, 6.07) is 3.68. The van der Waals surface area contributed by atoms with Gasteiger partial charge in [0, 0.05) is 10.9 Å². The van der Waals surface area contributed by atoms with E-state index in [0.29, 0.717) is 5.13 Å². The van der Waals surface area contributed by atoms with E-state index in [4.69, 9.17) is 5.73 Å². The van der Waals surface area contributed by atoms with Crippen LogP contribution in [0.4, 0.5) is 5.13 Å². The second-order valence-electron chi connectivity index (χ2n) is 3.52. The number of benzene rings is 1. The number of aromatic nitrogens is 1. The van der Waals surface area contributed by atoms with Crippen LogP contribution in [0.25, 0.3) is 11.3 Å². The van der Waals surface area contributed by atoms with E-state index in [0.717, 1.165) is 22.4 Å². The van der Waals surface area contributed by atoms with Crippen molar-refractivity contribution in [3.8, 4) is 17.0 Å². The third kappa shape index (κ3) is 1.80. The Kier molecular flexibility index (Phi) is 2.36. The lowest BCUT2D eigenvalue weighted by Crippen LogP contribution is -1.87. The number of thiazole rings is 1. The maximum Gasteiger partial charge on any atom is 0.180 e. The first kappa shape index (κ1) is 9.98. The highest BCUT2D eigenvalue weighted by Crippen LogP contribution is 2.32. The zero-order valence-electron chi connectivity index (χ0n) is 8.61. The highest BCUT2D eigenvalue weighted by molar-refractivity contribution is 7.13. The van der Waals surface area contributed by atoms with Gasteiger partial charge in [0.25, 0.3) is 0 Å². The number of phenols is 1. The van der Waals surface area contributed by atoms with Crippen LogP contribution in [0.3, 0.4) is 0 Å². The van der Waals surface area contributed by atoms with Crippen molar-refractivity contribution in [2.24, 2.45) is 0 Å². The summed E-state index contributed by atoms with van der Waals surface area (Å²) in [7, 11) is 0. The molecule has 0 spiro atoms. The molecule has 0 atom stereocenters. The van der Waals surface area contributed by atoms with Crippen LogP contribution in [0.15, 0.2) is 17.5 Å². The fraction of sp³-hybridized carbons (Fsp3) is 0.182. The molecule has 3 nitrogen and oxygen atoms in total. The van der Waals surface area contributed by atoms with Gasteiger partial charge in [-0.1, -0.05) is 0 Å². The summed E-state index contributed by atoms with van der Waals surface area (Å²) in [4.78, 5) is 4.15. The van der Waals surface area contributed by atoms with Crippen LogP contribution in [-0.4, -0.2) is 10.1 Å². The SMILES string of the molecule is Cc1cc(O)c(-c2csc(N)n2)cc1C. The normalized spacial score (nSPS) is 10.5. The van der Waals surface area contributed by atoms with Crippen LogP contribution in [-0.2, 0) is 0 Å². The van der Waals surface area contributed by atoms with Crippen molar-refractivity contribution < 1.29 is 5.11 Å². The Morgan fingerprint density at radius 3 is 2.53 bits per heavy atom. The standard InChI is InChI=1S/C11H12N2OS/c1-6-3-8(10(14)4-7(6)2)9-5-15-11(12)13-9/h3-5,14H,1-2H3,(H2,12,13). The minimum absolute atomic E-state index is 0.253. The van der Waals surface area contributed by atoms with Gasteiger partial charge in [-0.25, -0.2) is 4.98 Å². The molecule has 78 valence electrons. The molecule has 0 aliphatic heterocycles. The van der Waals surface area contributed by atoms with Gasteiger partial charge < -0.3 is 10.8 Å². The lowest BCUT2D eigenvalue weighted by Gasteiger charge is -2.05. The highest BCUT2D eigenvalue weighted by atomic mass is 32.1. The van der Waals surface area contributed by atoms with E-state index in [9.17, 15) is 5.11 Å². The number of aromatic hydroxyl groups is 1. The van der Waals surface area contributed by atoms with Crippen molar-refractivity contribution in [3.63, 3.8) is 0 Å². The molecule has 4 heteroatoms. The molecule has 0 fully saturated rings. The van der Waals surface area contributed by atoms with E-state index in [1.807, 2.05) is 25.3 Å². The molecule has 0 saturated heterocycles. The summed E-state index contributed by atoms with van der Waals surface area (Å²) in [5.74, 6) is 0.253. The molecule has 0 bridgehead atoms. The Morgan fingerprint density at radius 1 is 1.27 bits per heavy atom. The van der Waals surface area contributed by atoms with Crippen molar-refractivity contribution >= 4 is 16.5 Å². The first-order chi connectivity index (χ1) is 7.08. The summed E-state index contributed by atoms with van der Waals surface area (Å²) in [5.41, 5.74) is 9.24. The first-order valence-corrected chi connectivity index (χ1v) is 5.47. The number of hydrogen-bond acceptors (Lipinski definition) is 4. The minimum Gasteiger partial charge on any atom is -0.507 e. The number of nitrogens with zero attached hydrogens (tertiary/aromatic N) is 1. The Labute approximate surface area is 92.2 Å². The van der Waals surface area contributed by atoms with Gasteiger partial charge in [-0.05, 0) is 37.1 Å². The van der Waals surface area contributed by atoms with Crippen LogP contribution in [0.2, 0.25) is 0 Å². The number of nitrogens with two attached hydrogens (primary N) is 1. The van der Waals surface area contributed by atoms with E-state index < -0.39 is 0 Å². The predicted octanol–water partition coefficient (Wildman–Crippen LogP) is 2.71. The Hall–Kier alpha value is -1.55. The Morgan fingerprint density at radius 2 is 1.93 bits per heavy atom. The third-order valence-corrected chi connectivity index (χ3v) is 3.08. The Bertz CT molecular complexity index is 505. The molecule has 1 aromatic carbocycles. The van der Waals surface area contributed by atoms with E-state index in [-0.39, 0.29) is 5.75 Å². The molecule has 0 saturated carbocycles. The molecule has 0 radical (unpaired) electrons. The van der Waals surface area contributed by atoms with Crippen LogP contribution in [0.5, 0.6) is 5.75 Å². The summed E-state index contributed by atoms with van der Waals surface area (Å²) in [6.07, 6.45) is 0. The van der Waals surface area contributed by atoms with E-state index in [2.05, 4.69) is 4.98 Å². The summed E-state index contributed by atoms with van der Waals surface area (Å²) >= 11 is 1.37. The number of hydrogen-bond donors (Lipinski definition) is 2. The zero-order chi connectivity index (χ0) is 11.0. The molecule has 2 aromatic rings. The molecule has 0 aliphatic rings. The maximum atomic E-state index is 9.80. The van der Waals surface area contributed by atoms with Gasteiger partial charge in [-0.3, -0.25) is 0 Å². The first-order valence-electron chi connectivity index (χ1n) is 4.59. The number of phenolic OH excluding ortho intramolecular Hbond substituents is 1. The molecule has 0 unspecified atom stereocenters. The second-order valence-corrected chi connectivity index (χ2v) is 4.41. The molecule has 0 amide bonds. The molecule has 1 aromatic heterocycles. The number of anilines is 1. The molecule has 3 N–H and O–H groups in total. The number of nitrogen functional groups attached to an aromatic ring is 1. The quantitative estimate of drug-likeness (QED) is 0.776. The van der Waals surface area contributed by atoms with Crippen molar-refractivity contribution in [3.05, 3.63) is 28.6 Å². The van der Waals surface area contributed by atoms with Gasteiger partial charge in [-0.15, -0.1) is 11.3 Å². The van der Waals surface area contributed by atoms with Crippen LogP contribution < -0.4 is 5.73 Å². The van der Waals surface area contributed by atoms with Crippen LogP contribution >= 0.6 is 11.3 Å². The number of aryl methyl sites for hydroxylation is 2. The molecule has 1 heterocycles. The average molecular weight is 220 g/mol. The van der Waals surface area contributed by atoms with Crippen molar-refractivity contribution in [1.29, 1.82) is 0 Å². The van der Waals surface area contributed by atoms with Crippen molar-refractivity contribution in [1.82, 2.24) is 4.98 Å². The van der Waals surface area contributed by atoms with E-state index in [1.165, 1.54) is 11.3 Å². The molecule has 2 rings (SSSR count). The van der Waals surface area contributed by atoms with Gasteiger partial charge in [0.05, 0.1) is 5.69 Å². The largest absolute Gasteiger partial charge is 0.507 e. The molecule has 0 aliphatic carbocycles. The van der Waals surface area contributed by atoms with Gasteiger partial charge in [0.15, 0.2) is 5.13 Å². The van der Waals surface area contributed by atoms with Crippen molar-refractivity contribution in [2.75, 3.05) is 5.73 Å². The maximum absolute atomic E-state index is 9.80. The minimum atomic E-state index is 0.253. The lowest BCUT2D eigenvalue weighted by molar-refractivity contribution is 0.476. The zero-order valence-corrected chi connectivity index (χ0v) is 9.43. The van der Waals surface area contributed by atoms with Gasteiger partial charge in [-0.2, -0.15) is 0 Å². The van der Waals surface area contributed by atoms with Crippen LogP contribution in [0, 0.1) is 13.8 Å². The monoisotopic (exact) mass is 220 g/mol. The predicted molar refractivity (Wildman–Crippen MR) is 63.1 cm³/mol. The summed E-state index contributed by atoms with van der Waals surface area (Å²) in [5, 5.41) is 12.2.